The average Bonchev–Trinajstić information content (AvgIpc) is 3.44. The van der Waals surface area contributed by atoms with E-state index in [1.165, 1.54) is 0 Å². The Kier molecular flexibility index (Phi) is 9.83. The molecule has 212 valence electrons. The van der Waals surface area contributed by atoms with Crippen molar-refractivity contribution in [1.82, 2.24) is 15.3 Å². The molecular formula is C35H34BrN5O. The number of amides is 1. The van der Waals surface area contributed by atoms with Gasteiger partial charge in [0.05, 0.1) is 16.8 Å². The van der Waals surface area contributed by atoms with Gasteiger partial charge in [-0.1, -0.05) is 64.2 Å². The van der Waals surface area contributed by atoms with Crippen molar-refractivity contribution in [3.8, 4) is 23.1 Å². The monoisotopic (exact) mass is 619 g/mol. The normalized spacial score (nSPS) is 11.2. The number of carbonyl (C=O) groups excluding carboxylic acids is 1. The maximum absolute atomic E-state index is 13.7. The van der Waals surface area contributed by atoms with Gasteiger partial charge in [0, 0.05) is 57.6 Å². The molecule has 0 radical (unpaired) electrons. The van der Waals surface area contributed by atoms with Crippen LogP contribution in [0, 0.1) is 11.8 Å². The number of fused-ring (bicyclic) bond motifs is 2. The van der Waals surface area contributed by atoms with E-state index in [2.05, 4.69) is 56.3 Å². The van der Waals surface area contributed by atoms with Gasteiger partial charge >= 0.3 is 0 Å². The fourth-order valence-corrected chi connectivity index (χ4v) is 5.17. The van der Waals surface area contributed by atoms with Crippen molar-refractivity contribution < 1.29 is 4.79 Å². The number of hydrogen-bond donors (Lipinski definition) is 4. The average molecular weight is 621 g/mol. The van der Waals surface area contributed by atoms with Crippen molar-refractivity contribution in [3.63, 3.8) is 0 Å². The summed E-state index contributed by atoms with van der Waals surface area (Å²) < 4.78 is 0.977. The van der Waals surface area contributed by atoms with E-state index in [0.717, 1.165) is 79.9 Å². The highest BCUT2D eigenvalue weighted by Gasteiger charge is 2.17. The van der Waals surface area contributed by atoms with E-state index in [-0.39, 0.29) is 5.91 Å². The molecule has 1 amide bonds. The minimum atomic E-state index is -0.165. The minimum Gasteiger partial charge on any atom is -0.360 e. The molecule has 5 aromatic rings. The Balaban J connectivity index is 1.46. The van der Waals surface area contributed by atoms with Crippen molar-refractivity contribution in [1.29, 1.82) is 0 Å². The maximum Gasteiger partial charge on any atom is 0.252 e. The Morgan fingerprint density at radius 1 is 0.952 bits per heavy atom. The topological polar surface area (TPSA) is 110 Å². The fraction of sp³-hybridized carbons (Fsp3) is 0.200. The third-order valence-electron chi connectivity index (χ3n) is 7.09. The van der Waals surface area contributed by atoms with Gasteiger partial charge in [0.2, 0.25) is 0 Å². The summed E-state index contributed by atoms with van der Waals surface area (Å²) in [6, 6.07) is 21.8. The Hall–Kier alpha value is -4.22. The van der Waals surface area contributed by atoms with Crippen molar-refractivity contribution >= 4 is 43.6 Å². The molecule has 0 aliphatic carbocycles. The van der Waals surface area contributed by atoms with Gasteiger partial charge < -0.3 is 21.8 Å². The van der Waals surface area contributed by atoms with Crippen LogP contribution in [0.25, 0.3) is 33.1 Å². The second kappa shape index (κ2) is 14.1. The van der Waals surface area contributed by atoms with Crippen molar-refractivity contribution in [2.75, 3.05) is 6.54 Å². The number of nitrogens with two attached hydrogens (primary N) is 2. The predicted octanol–water partition coefficient (Wildman–Crippen LogP) is 6.96. The summed E-state index contributed by atoms with van der Waals surface area (Å²) >= 11 is 3.58. The molecule has 42 heavy (non-hydrogen) atoms. The number of carbonyl (C=O) groups is 1. The van der Waals surface area contributed by atoms with Gasteiger partial charge in [-0.05, 0) is 79.4 Å². The first kappa shape index (κ1) is 29.3. The molecule has 0 atom stereocenters. The number of rotatable bonds is 10. The number of unbranched alkanes of at least 4 members (excludes halogenated alkanes) is 2. The molecule has 0 unspecified atom stereocenters. The summed E-state index contributed by atoms with van der Waals surface area (Å²) in [7, 11) is 0. The molecule has 0 bridgehead atoms. The van der Waals surface area contributed by atoms with E-state index in [9.17, 15) is 4.79 Å². The summed E-state index contributed by atoms with van der Waals surface area (Å²) in [4.78, 5) is 22.0. The predicted molar refractivity (Wildman–Crippen MR) is 176 cm³/mol. The summed E-state index contributed by atoms with van der Waals surface area (Å²) in [6.45, 7) is 1.57. The number of benzene rings is 3. The van der Waals surface area contributed by atoms with Crippen LogP contribution in [-0.4, -0.2) is 22.4 Å². The van der Waals surface area contributed by atoms with Gasteiger partial charge in [-0.2, -0.15) is 0 Å². The van der Waals surface area contributed by atoms with Crippen molar-refractivity contribution in [2.24, 2.45) is 11.5 Å². The first-order valence-electron chi connectivity index (χ1n) is 14.2. The van der Waals surface area contributed by atoms with Crippen LogP contribution >= 0.6 is 15.9 Å². The van der Waals surface area contributed by atoms with E-state index >= 15 is 0 Å². The number of allylic oxidation sites excluding steroid dienone is 1. The number of nitrogens with zero attached hydrogens (tertiary/aromatic N) is 1. The number of halogens is 1. The van der Waals surface area contributed by atoms with Gasteiger partial charge in [0.15, 0.2) is 0 Å². The lowest BCUT2D eigenvalue weighted by molar-refractivity contribution is 0.0952. The quantitative estimate of drug-likeness (QED) is 0.0769. The van der Waals surface area contributed by atoms with E-state index in [1.54, 1.807) is 0 Å². The van der Waals surface area contributed by atoms with Gasteiger partial charge in [-0.3, -0.25) is 4.79 Å². The minimum absolute atomic E-state index is 0.165. The first-order chi connectivity index (χ1) is 20.6. The number of hydrogen-bond acceptors (Lipinski definition) is 4. The zero-order valence-electron chi connectivity index (χ0n) is 23.4. The molecule has 2 aromatic heterocycles. The van der Waals surface area contributed by atoms with Crippen LogP contribution in [0.5, 0.6) is 0 Å². The second-order valence-electron chi connectivity index (χ2n) is 10.1. The standard InChI is InChI=1S/C35H34BrN5O/c36-27-14-16-32-29(19-27)31(23-39-32)34-20-30(35(42)40-22-26-11-9-25(21-38)10-12-26)28-18-24(13-15-33(28)41-34)8-6-4-2-1-3-5-7-17-37/h3,5,9-16,18-20,23,39H,1-2,4,7,17,21-22,37-38H2,(H,40,42)/b5-3-. The third kappa shape index (κ3) is 7.15. The van der Waals surface area contributed by atoms with Crippen LogP contribution in [0.15, 0.2) is 89.6 Å². The highest BCUT2D eigenvalue weighted by atomic mass is 79.9. The molecule has 0 aliphatic rings. The molecule has 0 fully saturated rings. The first-order valence-corrected chi connectivity index (χ1v) is 15.0. The maximum atomic E-state index is 13.7. The Bertz CT molecular complexity index is 1790. The van der Waals surface area contributed by atoms with Crippen LogP contribution in [0.4, 0.5) is 0 Å². The Morgan fingerprint density at radius 3 is 2.57 bits per heavy atom. The molecule has 7 heteroatoms. The molecule has 0 spiro atoms. The van der Waals surface area contributed by atoms with Crippen LogP contribution in [0.2, 0.25) is 0 Å². The zero-order valence-corrected chi connectivity index (χ0v) is 25.0. The van der Waals surface area contributed by atoms with Crippen LogP contribution in [-0.2, 0) is 13.1 Å². The van der Waals surface area contributed by atoms with E-state index in [1.807, 2.05) is 66.9 Å². The lowest BCUT2D eigenvalue weighted by Gasteiger charge is -2.11. The Labute approximate surface area is 254 Å². The lowest BCUT2D eigenvalue weighted by Crippen LogP contribution is -2.23. The van der Waals surface area contributed by atoms with Crippen LogP contribution < -0.4 is 16.8 Å². The fourth-order valence-electron chi connectivity index (χ4n) is 4.81. The molecule has 0 aliphatic heterocycles. The molecule has 2 heterocycles. The van der Waals surface area contributed by atoms with Gasteiger partial charge in [0.1, 0.15) is 0 Å². The zero-order chi connectivity index (χ0) is 29.3. The molecule has 6 N–H and O–H groups in total. The molecular weight excluding hydrogens is 586 g/mol. The van der Waals surface area contributed by atoms with Gasteiger partial charge in [0.25, 0.3) is 5.91 Å². The Morgan fingerprint density at radius 2 is 1.76 bits per heavy atom. The molecule has 0 saturated carbocycles. The van der Waals surface area contributed by atoms with Gasteiger partial charge in [-0.15, -0.1) is 0 Å². The molecule has 0 saturated heterocycles. The number of nitrogens with one attached hydrogen (secondary N) is 2. The summed E-state index contributed by atoms with van der Waals surface area (Å²) in [5.74, 6) is 6.38. The molecule has 3 aromatic carbocycles. The van der Waals surface area contributed by atoms with E-state index < -0.39 is 0 Å². The molecule has 6 nitrogen and oxygen atoms in total. The summed E-state index contributed by atoms with van der Waals surface area (Å²) in [5, 5.41) is 4.90. The number of aromatic nitrogens is 2. The number of pyridine rings is 1. The third-order valence-corrected chi connectivity index (χ3v) is 7.58. The molecule has 5 rings (SSSR count). The van der Waals surface area contributed by atoms with E-state index in [0.29, 0.717) is 25.2 Å². The second-order valence-corrected chi connectivity index (χ2v) is 11.0. The van der Waals surface area contributed by atoms with E-state index in [4.69, 9.17) is 16.5 Å². The summed E-state index contributed by atoms with van der Waals surface area (Å²) in [5.41, 5.74) is 18.1. The number of H-pyrrole nitrogens is 1. The smallest absolute Gasteiger partial charge is 0.252 e. The highest BCUT2D eigenvalue weighted by molar-refractivity contribution is 9.10. The largest absolute Gasteiger partial charge is 0.360 e. The van der Waals surface area contributed by atoms with Crippen molar-refractivity contribution in [3.05, 3.63) is 112 Å². The summed E-state index contributed by atoms with van der Waals surface area (Å²) in [6.07, 6.45) is 9.92. The lowest BCUT2D eigenvalue weighted by atomic mass is 10.0. The van der Waals surface area contributed by atoms with Crippen LogP contribution in [0.3, 0.4) is 0 Å². The number of aromatic amines is 1. The van der Waals surface area contributed by atoms with Gasteiger partial charge in [-0.25, -0.2) is 4.98 Å². The van der Waals surface area contributed by atoms with Crippen molar-refractivity contribution in [2.45, 2.75) is 38.8 Å². The van der Waals surface area contributed by atoms with Crippen LogP contribution in [0.1, 0.15) is 52.7 Å². The highest BCUT2D eigenvalue weighted by Crippen LogP contribution is 2.32. The SMILES string of the molecule is NCC/C=C\CCCC#Cc1ccc2nc(-c3c[nH]c4ccc(Br)cc34)cc(C(=O)NCc3ccc(CN)cc3)c2c1.